The van der Waals surface area contributed by atoms with Crippen molar-refractivity contribution >= 4 is 34.6 Å². The van der Waals surface area contributed by atoms with Gasteiger partial charge in [-0.05, 0) is 36.8 Å². The molecular weight excluding hydrogens is 294 g/mol. The van der Waals surface area contributed by atoms with Gasteiger partial charge in [-0.1, -0.05) is 24.6 Å². The largest absolute Gasteiger partial charge is 0.480 e. The summed E-state index contributed by atoms with van der Waals surface area (Å²) in [6.45, 7) is 2.65. The van der Waals surface area contributed by atoms with E-state index in [1.165, 1.54) is 4.88 Å². The van der Waals surface area contributed by atoms with E-state index in [0.717, 1.165) is 17.0 Å². The van der Waals surface area contributed by atoms with Gasteiger partial charge in [0, 0.05) is 20.5 Å². The minimum atomic E-state index is -0.850. The average Bonchev–Trinajstić information content (AvgIpc) is 2.85. The molecule has 0 amide bonds. The van der Waals surface area contributed by atoms with E-state index in [9.17, 15) is 4.79 Å². The van der Waals surface area contributed by atoms with Crippen LogP contribution in [0.25, 0.3) is 0 Å². The van der Waals surface area contributed by atoms with Gasteiger partial charge in [0.2, 0.25) is 0 Å². The molecule has 5 heteroatoms. The van der Waals surface area contributed by atoms with Crippen molar-refractivity contribution in [1.82, 2.24) is 0 Å². The van der Waals surface area contributed by atoms with Crippen molar-refractivity contribution in [2.75, 3.05) is 11.4 Å². The average molecular weight is 310 g/mol. The number of thiophene rings is 1. The number of rotatable bonds is 6. The topological polar surface area (TPSA) is 40.5 Å². The molecule has 1 aromatic heterocycles. The normalized spacial score (nSPS) is 10.5. The van der Waals surface area contributed by atoms with Gasteiger partial charge in [0.25, 0.3) is 0 Å². The number of hydrogen-bond donors (Lipinski definition) is 1. The number of aryl methyl sites for hydroxylation is 1. The van der Waals surface area contributed by atoms with E-state index in [1.54, 1.807) is 23.5 Å². The predicted molar refractivity (Wildman–Crippen MR) is 83.8 cm³/mol. The quantitative estimate of drug-likeness (QED) is 0.875. The van der Waals surface area contributed by atoms with Crippen LogP contribution in [-0.2, 0) is 17.8 Å². The zero-order valence-electron chi connectivity index (χ0n) is 11.2. The molecule has 0 saturated carbocycles. The smallest absolute Gasteiger partial charge is 0.323 e. The molecule has 0 aliphatic heterocycles. The van der Waals surface area contributed by atoms with Crippen molar-refractivity contribution in [2.24, 2.45) is 0 Å². The van der Waals surface area contributed by atoms with Gasteiger partial charge in [-0.25, -0.2) is 0 Å². The lowest BCUT2D eigenvalue weighted by Crippen LogP contribution is -2.28. The Balaban J connectivity index is 2.21. The van der Waals surface area contributed by atoms with E-state index in [1.807, 2.05) is 17.0 Å². The van der Waals surface area contributed by atoms with Crippen molar-refractivity contribution < 1.29 is 9.90 Å². The summed E-state index contributed by atoms with van der Waals surface area (Å²) in [6, 6.07) is 11.4. The lowest BCUT2D eigenvalue weighted by atomic mass is 10.2. The third-order valence-corrected chi connectivity index (χ3v) is 4.36. The molecule has 2 rings (SSSR count). The zero-order valence-corrected chi connectivity index (χ0v) is 12.7. The highest BCUT2D eigenvalue weighted by Gasteiger charge is 2.13. The molecule has 1 N–H and O–H groups in total. The molecule has 0 radical (unpaired) electrons. The number of nitrogens with zero attached hydrogens (tertiary/aromatic N) is 1. The number of carboxylic acids is 1. The lowest BCUT2D eigenvalue weighted by Gasteiger charge is -2.22. The van der Waals surface area contributed by atoms with Crippen LogP contribution in [0.4, 0.5) is 5.69 Å². The number of carboxylic acid groups (broad SMARTS) is 1. The third-order valence-electron chi connectivity index (χ3n) is 2.91. The number of hydrogen-bond acceptors (Lipinski definition) is 3. The van der Waals surface area contributed by atoms with Crippen molar-refractivity contribution in [3.05, 3.63) is 51.2 Å². The predicted octanol–water partition coefficient (Wildman–Crippen LogP) is 4.06. The molecule has 0 spiro atoms. The van der Waals surface area contributed by atoms with Crippen LogP contribution in [0.15, 0.2) is 36.4 Å². The summed E-state index contributed by atoms with van der Waals surface area (Å²) >= 11 is 7.70. The van der Waals surface area contributed by atoms with E-state index in [-0.39, 0.29) is 6.54 Å². The fourth-order valence-electron chi connectivity index (χ4n) is 1.96. The highest BCUT2D eigenvalue weighted by atomic mass is 35.5. The Labute approximate surface area is 127 Å². The summed E-state index contributed by atoms with van der Waals surface area (Å²) in [5, 5.41) is 9.68. The Morgan fingerprint density at radius 1 is 1.30 bits per heavy atom. The molecule has 2 aromatic rings. The Hall–Kier alpha value is -1.52. The first-order valence-electron chi connectivity index (χ1n) is 6.38. The number of benzene rings is 1. The van der Waals surface area contributed by atoms with Gasteiger partial charge in [0.05, 0.1) is 6.54 Å². The molecular formula is C15H16ClNO2S. The minimum Gasteiger partial charge on any atom is -0.480 e. The molecule has 1 heterocycles. The molecule has 20 heavy (non-hydrogen) atoms. The molecule has 0 aliphatic carbocycles. The molecule has 0 aliphatic rings. The van der Waals surface area contributed by atoms with E-state index < -0.39 is 5.97 Å². The van der Waals surface area contributed by atoms with Gasteiger partial charge in [-0.3, -0.25) is 4.79 Å². The van der Waals surface area contributed by atoms with Crippen LogP contribution >= 0.6 is 22.9 Å². The van der Waals surface area contributed by atoms with Gasteiger partial charge in [-0.2, -0.15) is 0 Å². The Bertz CT molecular complexity index is 597. The van der Waals surface area contributed by atoms with Crippen LogP contribution in [0.1, 0.15) is 16.7 Å². The SMILES string of the molecule is CCc1ccc(CN(CC(=O)O)c2cccc(Cl)c2)s1. The second-order valence-corrected chi connectivity index (χ2v) is 6.14. The highest BCUT2D eigenvalue weighted by molar-refractivity contribution is 7.12. The van der Waals surface area contributed by atoms with Gasteiger partial charge < -0.3 is 10.0 Å². The molecule has 0 bridgehead atoms. The Morgan fingerprint density at radius 2 is 2.05 bits per heavy atom. The number of halogens is 1. The van der Waals surface area contributed by atoms with Crippen LogP contribution in [0.2, 0.25) is 5.02 Å². The zero-order chi connectivity index (χ0) is 14.5. The van der Waals surface area contributed by atoms with E-state index >= 15 is 0 Å². The van der Waals surface area contributed by atoms with Gasteiger partial charge in [-0.15, -0.1) is 11.3 Å². The van der Waals surface area contributed by atoms with Gasteiger partial charge in [0.1, 0.15) is 6.54 Å². The first-order valence-corrected chi connectivity index (χ1v) is 7.58. The molecule has 0 saturated heterocycles. The second-order valence-electron chi connectivity index (χ2n) is 4.45. The summed E-state index contributed by atoms with van der Waals surface area (Å²) in [6.07, 6.45) is 1.00. The Morgan fingerprint density at radius 3 is 2.65 bits per heavy atom. The van der Waals surface area contributed by atoms with Crippen LogP contribution in [0, 0.1) is 0 Å². The summed E-state index contributed by atoms with van der Waals surface area (Å²) in [4.78, 5) is 15.3. The fourth-order valence-corrected chi connectivity index (χ4v) is 3.12. The van der Waals surface area contributed by atoms with E-state index in [4.69, 9.17) is 16.7 Å². The number of aliphatic carboxylic acids is 1. The maximum Gasteiger partial charge on any atom is 0.323 e. The van der Waals surface area contributed by atoms with Crippen LogP contribution < -0.4 is 4.90 Å². The fraction of sp³-hybridized carbons (Fsp3) is 0.267. The molecule has 106 valence electrons. The highest BCUT2D eigenvalue weighted by Crippen LogP contribution is 2.24. The molecule has 0 atom stereocenters. The first kappa shape index (κ1) is 14.9. The summed E-state index contributed by atoms with van der Waals surface area (Å²) in [7, 11) is 0. The van der Waals surface area contributed by atoms with E-state index in [0.29, 0.717) is 11.6 Å². The second kappa shape index (κ2) is 6.77. The number of carbonyl (C=O) groups is 1. The maximum absolute atomic E-state index is 11.0. The third kappa shape index (κ3) is 3.99. The summed E-state index contributed by atoms with van der Waals surface area (Å²) in [5.74, 6) is -0.850. The first-order chi connectivity index (χ1) is 9.58. The summed E-state index contributed by atoms with van der Waals surface area (Å²) < 4.78 is 0. The lowest BCUT2D eigenvalue weighted by molar-refractivity contribution is -0.135. The van der Waals surface area contributed by atoms with Crippen molar-refractivity contribution in [1.29, 1.82) is 0 Å². The minimum absolute atomic E-state index is 0.0420. The standard InChI is InChI=1S/C15H16ClNO2S/c1-2-13-6-7-14(20-13)9-17(10-15(18)19)12-5-3-4-11(16)8-12/h3-8H,2,9-10H2,1H3,(H,18,19). The summed E-state index contributed by atoms with van der Waals surface area (Å²) in [5.41, 5.74) is 0.825. The maximum atomic E-state index is 11.0. The molecule has 0 fully saturated rings. The molecule has 1 aromatic carbocycles. The van der Waals surface area contributed by atoms with Crippen LogP contribution in [0.3, 0.4) is 0 Å². The number of anilines is 1. The van der Waals surface area contributed by atoms with Gasteiger partial charge >= 0.3 is 5.97 Å². The molecule has 0 unspecified atom stereocenters. The molecule has 3 nitrogen and oxygen atoms in total. The van der Waals surface area contributed by atoms with Crippen LogP contribution in [0.5, 0.6) is 0 Å². The van der Waals surface area contributed by atoms with Crippen molar-refractivity contribution in [3.63, 3.8) is 0 Å². The van der Waals surface area contributed by atoms with Gasteiger partial charge in [0.15, 0.2) is 0 Å². The van der Waals surface area contributed by atoms with E-state index in [2.05, 4.69) is 19.1 Å². The van der Waals surface area contributed by atoms with Crippen LogP contribution in [-0.4, -0.2) is 17.6 Å². The Kier molecular flexibility index (Phi) is 5.04. The van der Waals surface area contributed by atoms with Crippen molar-refractivity contribution in [3.8, 4) is 0 Å². The monoisotopic (exact) mass is 309 g/mol. The van der Waals surface area contributed by atoms with Crippen molar-refractivity contribution in [2.45, 2.75) is 19.9 Å².